The lowest BCUT2D eigenvalue weighted by Crippen LogP contribution is -2.31. The molecule has 21 heavy (non-hydrogen) atoms. The first-order valence-electron chi connectivity index (χ1n) is 6.34. The van der Waals surface area contributed by atoms with E-state index in [1.165, 1.54) is 0 Å². The number of hydrogen-bond donors (Lipinski definition) is 3. The number of alkyl halides is 3. The molecule has 1 rings (SSSR count). The van der Waals surface area contributed by atoms with Crippen LogP contribution in [-0.4, -0.2) is 30.9 Å². The van der Waals surface area contributed by atoms with Crippen molar-refractivity contribution in [2.45, 2.75) is 18.5 Å². The minimum absolute atomic E-state index is 0.0507. The molecule has 118 valence electrons. The third-order valence-electron chi connectivity index (χ3n) is 2.75. The number of carbonyl (C=O) groups is 1. The fraction of sp³-hybridized carbons (Fsp3) is 0.462. The lowest BCUT2D eigenvalue weighted by Gasteiger charge is -2.12. The highest BCUT2D eigenvalue weighted by Crippen LogP contribution is 2.29. The highest BCUT2D eigenvalue weighted by atomic mass is 32.2. The quantitative estimate of drug-likeness (QED) is 0.704. The van der Waals surface area contributed by atoms with E-state index in [1.54, 1.807) is 12.1 Å². The van der Waals surface area contributed by atoms with Crippen LogP contribution in [0.25, 0.3) is 0 Å². The van der Waals surface area contributed by atoms with Gasteiger partial charge < -0.3 is 16.0 Å². The van der Waals surface area contributed by atoms with Gasteiger partial charge in [-0.15, -0.1) is 0 Å². The first-order valence-corrected chi connectivity index (χ1v) is 7.33. The van der Waals surface area contributed by atoms with Gasteiger partial charge >= 0.3 is 11.5 Å². The number of urea groups is 1. The Hall–Kier alpha value is -1.41. The molecule has 0 heterocycles. The van der Waals surface area contributed by atoms with Crippen molar-refractivity contribution in [1.29, 1.82) is 0 Å². The Labute approximate surface area is 125 Å². The zero-order valence-corrected chi connectivity index (χ0v) is 12.6. The second kappa shape index (κ2) is 8.14. The summed E-state index contributed by atoms with van der Waals surface area (Å²) in [4.78, 5) is 11.5. The predicted molar refractivity (Wildman–Crippen MR) is 79.5 cm³/mol. The highest BCUT2D eigenvalue weighted by Gasteiger charge is 2.27. The Balaban J connectivity index is 2.34. The van der Waals surface area contributed by atoms with Crippen molar-refractivity contribution in [1.82, 2.24) is 10.6 Å². The summed E-state index contributed by atoms with van der Waals surface area (Å²) in [7, 11) is 1.85. The molecule has 0 aliphatic rings. The molecule has 4 nitrogen and oxygen atoms in total. The van der Waals surface area contributed by atoms with E-state index in [9.17, 15) is 18.0 Å². The van der Waals surface area contributed by atoms with Crippen LogP contribution in [0.3, 0.4) is 0 Å². The van der Waals surface area contributed by atoms with Crippen molar-refractivity contribution in [2.24, 2.45) is 0 Å². The Bertz CT molecular complexity index is 451. The number of hydrogen-bond acceptors (Lipinski definition) is 3. The molecule has 0 aromatic heterocycles. The van der Waals surface area contributed by atoms with Crippen molar-refractivity contribution in [3.8, 4) is 0 Å². The zero-order chi connectivity index (χ0) is 15.9. The molecule has 0 aliphatic carbocycles. The normalized spacial score (nSPS) is 12.8. The van der Waals surface area contributed by atoms with E-state index in [0.29, 0.717) is 5.69 Å². The molecule has 1 aromatic carbocycles. The number of benzene rings is 1. The fourth-order valence-corrected chi connectivity index (χ4v) is 1.96. The number of nitrogens with one attached hydrogen (secondary N) is 3. The van der Waals surface area contributed by atoms with E-state index in [2.05, 4.69) is 16.0 Å². The van der Waals surface area contributed by atoms with Crippen LogP contribution in [0.2, 0.25) is 0 Å². The molecule has 0 bridgehead atoms. The van der Waals surface area contributed by atoms with E-state index in [0.717, 1.165) is 5.56 Å². The second-order valence-electron chi connectivity index (χ2n) is 4.31. The summed E-state index contributed by atoms with van der Waals surface area (Å²) >= 11 is -0.160. The van der Waals surface area contributed by atoms with Gasteiger partial charge in [0.25, 0.3) is 0 Å². The number of thioether (sulfide) groups is 1. The fourth-order valence-electron chi connectivity index (χ4n) is 1.53. The highest BCUT2D eigenvalue weighted by molar-refractivity contribution is 8.00. The summed E-state index contributed by atoms with van der Waals surface area (Å²) in [6, 6.07) is 6.91. The van der Waals surface area contributed by atoms with Crippen LogP contribution in [0.5, 0.6) is 0 Å². The van der Waals surface area contributed by atoms with Crippen molar-refractivity contribution < 1.29 is 18.0 Å². The molecule has 8 heteroatoms. The molecule has 0 aliphatic heterocycles. The molecule has 0 fully saturated rings. The minimum Gasteiger partial charge on any atom is -0.337 e. The zero-order valence-electron chi connectivity index (χ0n) is 11.8. The van der Waals surface area contributed by atoms with Gasteiger partial charge in [-0.2, -0.15) is 13.2 Å². The van der Waals surface area contributed by atoms with Crippen LogP contribution in [0.4, 0.5) is 23.7 Å². The topological polar surface area (TPSA) is 53.2 Å². The third kappa shape index (κ3) is 7.24. The van der Waals surface area contributed by atoms with Gasteiger partial charge in [0.1, 0.15) is 0 Å². The van der Waals surface area contributed by atoms with Crippen molar-refractivity contribution in [3.63, 3.8) is 0 Å². The standard InChI is InChI=1S/C13H18F3N3OS/c1-9(17-2)10-3-5-11(6-4-10)19-12(20)18-7-8-21-13(14,15)16/h3-6,9,17H,7-8H2,1-2H3,(H2,18,19,20). The van der Waals surface area contributed by atoms with Crippen LogP contribution in [0.1, 0.15) is 18.5 Å². The smallest absolute Gasteiger partial charge is 0.337 e. The summed E-state index contributed by atoms with van der Waals surface area (Å²) in [5, 5.41) is 8.03. The predicted octanol–water partition coefficient (Wildman–Crippen LogP) is 3.34. The van der Waals surface area contributed by atoms with E-state index < -0.39 is 11.5 Å². The van der Waals surface area contributed by atoms with Gasteiger partial charge in [-0.3, -0.25) is 0 Å². The summed E-state index contributed by atoms with van der Waals surface area (Å²) < 4.78 is 35.7. The first-order chi connectivity index (χ1) is 9.81. The summed E-state index contributed by atoms with van der Waals surface area (Å²) in [5.41, 5.74) is -2.61. The van der Waals surface area contributed by atoms with E-state index in [1.807, 2.05) is 26.1 Å². The van der Waals surface area contributed by atoms with E-state index >= 15 is 0 Å². The average Bonchev–Trinajstić information content (AvgIpc) is 2.42. The number of anilines is 1. The Kier molecular flexibility index (Phi) is 6.83. The molecule has 1 aromatic rings. The Morgan fingerprint density at radius 1 is 1.29 bits per heavy atom. The van der Waals surface area contributed by atoms with Gasteiger partial charge in [0.2, 0.25) is 0 Å². The van der Waals surface area contributed by atoms with Crippen LogP contribution < -0.4 is 16.0 Å². The molecule has 0 saturated carbocycles. The molecule has 1 unspecified atom stereocenters. The van der Waals surface area contributed by atoms with Crippen molar-refractivity contribution in [2.75, 3.05) is 24.7 Å². The van der Waals surface area contributed by atoms with Crippen molar-refractivity contribution >= 4 is 23.5 Å². The maximum atomic E-state index is 11.9. The van der Waals surface area contributed by atoms with E-state index in [-0.39, 0.29) is 30.1 Å². The van der Waals surface area contributed by atoms with Crippen LogP contribution in [0.15, 0.2) is 24.3 Å². The van der Waals surface area contributed by atoms with Crippen LogP contribution >= 0.6 is 11.8 Å². The van der Waals surface area contributed by atoms with Crippen LogP contribution in [-0.2, 0) is 0 Å². The van der Waals surface area contributed by atoms with Gasteiger partial charge in [-0.1, -0.05) is 12.1 Å². The molecule has 0 saturated heterocycles. The Morgan fingerprint density at radius 2 is 1.90 bits per heavy atom. The first kappa shape index (κ1) is 17.6. The number of carbonyl (C=O) groups excluding carboxylic acids is 1. The lowest BCUT2D eigenvalue weighted by molar-refractivity contribution is -0.0327. The lowest BCUT2D eigenvalue weighted by atomic mass is 10.1. The van der Waals surface area contributed by atoms with Gasteiger partial charge in [-0.25, -0.2) is 4.79 Å². The van der Waals surface area contributed by atoms with Crippen LogP contribution in [0, 0.1) is 0 Å². The maximum absolute atomic E-state index is 11.9. The molecule has 0 radical (unpaired) electrons. The molecule has 1 atom stereocenters. The number of rotatable bonds is 6. The maximum Gasteiger partial charge on any atom is 0.441 e. The summed E-state index contributed by atoms with van der Waals surface area (Å²) in [5.74, 6) is -0.213. The van der Waals surface area contributed by atoms with Gasteiger partial charge in [0.15, 0.2) is 0 Å². The third-order valence-corrected chi connectivity index (χ3v) is 3.49. The molecular weight excluding hydrogens is 303 g/mol. The second-order valence-corrected chi connectivity index (χ2v) is 5.47. The number of halogens is 3. The summed E-state index contributed by atoms with van der Waals surface area (Å²) in [6.45, 7) is 1.96. The minimum atomic E-state index is -4.27. The summed E-state index contributed by atoms with van der Waals surface area (Å²) in [6.07, 6.45) is 0. The SMILES string of the molecule is CNC(C)c1ccc(NC(=O)NCCSC(F)(F)F)cc1. The van der Waals surface area contributed by atoms with Gasteiger partial charge in [-0.05, 0) is 43.4 Å². The monoisotopic (exact) mass is 321 g/mol. The van der Waals surface area contributed by atoms with Gasteiger partial charge in [0.05, 0.1) is 0 Å². The molecule has 3 N–H and O–H groups in total. The molecular formula is C13H18F3N3OS. The van der Waals surface area contributed by atoms with Crippen molar-refractivity contribution in [3.05, 3.63) is 29.8 Å². The molecule has 2 amide bonds. The van der Waals surface area contributed by atoms with E-state index in [4.69, 9.17) is 0 Å². The van der Waals surface area contributed by atoms with Gasteiger partial charge in [0, 0.05) is 24.0 Å². The average molecular weight is 321 g/mol. The largest absolute Gasteiger partial charge is 0.441 e. The Morgan fingerprint density at radius 3 is 2.43 bits per heavy atom. The molecule has 0 spiro atoms. The number of amides is 2.